The van der Waals surface area contributed by atoms with Crippen molar-refractivity contribution in [3.63, 3.8) is 0 Å². The average Bonchev–Trinajstić information content (AvgIpc) is 2.01. The lowest BCUT2D eigenvalue weighted by Gasteiger charge is -2.05. The van der Waals surface area contributed by atoms with Crippen molar-refractivity contribution in [2.75, 3.05) is 6.61 Å². The molecule has 0 aromatic heterocycles. The molecule has 2 amide bonds. The maximum absolute atomic E-state index is 10.8. The van der Waals surface area contributed by atoms with Crippen LogP contribution in [0.15, 0.2) is 11.8 Å². The van der Waals surface area contributed by atoms with E-state index >= 15 is 0 Å². The topological polar surface area (TPSA) is 93.4 Å². The minimum absolute atomic E-state index is 0.311. The van der Waals surface area contributed by atoms with Gasteiger partial charge in [-0.25, -0.2) is 9.59 Å². The lowest BCUT2D eigenvalue weighted by molar-refractivity contribution is -0.137. The summed E-state index contributed by atoms with van der Waals surface area (Å²) in [4.78, 5) is 21.0. The third kappa shape index (κ3) is 6.67. The molecule has 0 aliphatic rings. The van der Waals surface area contributed by atoms with Crippen LogP contribution in [-0.4, -0.2) is 18.6 Å². The summed E-state index contributed by atoms with van der Waals surface area (Å²) in [5, 5.41) is 0. The van der Waals surface area contributed by atoms with Gasteiger partial charge in [0.25, 0.3) is 0 Å². The SMILES string of the molecule is CCOC(=O)/C=C(\C)NNC(N)=O. The number of hydrogen-bond donors (Lipinski definition) is 3. The summed E-state index contributed by atoms with van der Waals surface area (Å²) in [5.74, 6) is -0.473. The monoisotopic (exact) mass is 187 g/mol. The van der Waals surface area contributed by atoms with Crippen molar-refractivity contribution in [3.05, 3.63) is 11.8 Å². The Morgan fingerprint density at radius 2 is 2.08 bits per heavy atom. The Labute approximate surface area is 76.1 Å². The minimum Gasteiger partial charge on any atom is -0.463 e. The molecular weight excluding hydrogens is 174 g/mol. The number of amides is 2. The average molecular weight is 187 g/mol. The van der Waals surface area contributed by atoms with Gasteiger partial charge in [0.2, 0.25) is 0 Å². The molecule has 0 atom stereocenters. The molecular formula is C7H13N3O3. The Morgan fingerprint density at radius 3 is 2.54 bits per heavy atom. The minimum atomic E-state index is -0.725. The number of nitrogens with one attached hydrogen (secondary N) is 2. The number of ether oxygens (including phenoxy) is 1. The van der Waals surface area contributed by atoms with Crippen molar-refractivity contribution in [3.8, 4) is 0 Å². The Morgan fingerprint density at radius 1 is 1.46 bits per heavy atom. The van der Waals surface area contributed by atoms with E-state index in [0.29, 0.717) is 12.3 Å². The fraction of sp³-hybridized carbons (Fsp3) is 0.429. The molecule has 0 aromatic rings. The van der Waals surface area contributed by atoms with Crippen LogP contribution in [0.3, 0.4) is 0 Å². The van der Waals surface area contributed by atoms with Gasteiger partial charge in [-0.2, -0.15) is 0 Å². The van der Waals surface area contributed by atoms with Crippen LogP contribution < -0.4 is 16.6 Å². The van der Waals surface area contributed by atoms with Crippen LogP contribution in [0.5, 0.6) is 0 Å². The van der Waals surface area contributed by atoms with Gasteiger partial charge in [-0.15, -0.1) is 0 Å². The van der Waals surface area contributed by atoms with Crippen LogP contribution in [0.25, 0.3) is 0 Å². The zero-order chi connectivity index (χ0) is 10.3. The molecule has 0 unspecified atom stereocenters. The molecule has 0 heterocycles. The third-order valence-corrected chi connectivity index (χ3v) is 1.00. The highest BCUT2D eigenvalue weighted by molar-refractivity contribution is 5.82. The van der Waals surface area contributed by atoms with Gasteiger partial charge in [-0.3, -0.25) is 5.43 Å². The fourth-order valence-corrected chi connectivity index (χ4v) is 0.557. The first-order valence-electron chi connectivity index (χ1n) is 3.72. The number of esters is 1. The molecule has 0 fully saturated rings. The van der Waals surface area contributed by atoms with Crippen molar-refractivity contribution in [1.29, 1.82) is 0 Å². The number of allylic oxidation sites excluding steroid dienone is 1. The highest BCUT2D eigenvalue weighted by atomic mass is 16.5. The van der Waals surface area contributed by atoms with Crippen molar-refractivity contribution < 1.29 is 14.3 Å². The van der Waals surface area contributed by atoms with Gasteiger partial charge in [-0.05, 0) is 13.8 Å². The Bertz CT molecular complexity index is 225. The molecule has 0 aliphatic carbocycles. The fourth-order valence-electron chi connectivity index (χ4n) is 0.557. The first kappa shape index (κ1) is 11.3. The van der Waals surface area contributed by atoms with E-state index in [-0.39, 0.29) is 0 Å². The third-order valence-electron chi connectivity index (χ3n) is 1.00. The van der Waals surface area contributed by atoms with Gasteiger partial charge < -0.3 is 15.9 Å². The second kappa shape index (κ2) is 5.87. The van der Waals surface area contributed by atoms with Crippen LogP contribution in [0, 0.1) is 0 Å². The van der Waals surface area contributed by atoms with E-state index in [1.807, 2.05) is 0 Å². The summed E-state index contributed by atoms with van der Waals surface area (Å²) in [6, 6.07) is -0.725. The van der Waals surface area contributed by atoms with E-state index < -0.39 is 12.0 Å². The standard InChI is InChI=1S/C7H13N3O3/c1-3-13-6(11)4-5(2)9-10-7(8)12/h4,9H,3H2,1-2H3,(H3,8,10,12)/b5-4+. The lowest BCUT2D eigenvalue weighted by atomic mass is 10.4. The molecule has 74 valence electrons. The van der Waals surface area contributed by atoms with Gasteiger partial charge in [-0.1, -0.05) is 0 Å². The van der Waals surface area contributed by atoms with E-state index in [4.69, 9.17) is 5.73 Å². The zero-order valence-electron chi connectivity index (χ0n) is 7.59. The van der Waals surface area contributed by atoms with Crippen molar-refractivity contribution in [2.24, 2.45) is 5.73 Å². The molecule has 0 saturated carbocycles. The summed E-state index contributed by atoms with van der Waals surface area (Å²) in [6.45, 7) is 3.61. The van der Waals surface area contributed by atoms with E-state index in [9.17, 15) is 9.59 Å². The summed E-state index contributed by atoms with van der Waals surface area (Å²) in [5.41, 5.74) is 9.73. The van der Waals surface area contributed by atoms with Crippen LogP contribution in [0.2, 0.25) is 0 Å². The molecule has 0 rings (SSSR count). The van der Waals surface area contributed by atoms with Gasteiger partial charge in [0, 0.05) is 11.8 Å². The van der Waals surface area contributed by atoms with Crippen molar-refractivity contribution >= 4 is 12.0 Å². The second-order valence-corrected chi connectivity index (χ2v) is 2.19. The molecule has 0 saturated heterocycles. The van der Waals surface area contributed by atoms with E-state index in [2.05, 4.69) is 15.6 Å². The normalized spacial score (nSPS) is 10.5. The number of urea groups is 1. The second-order valence-electron chi connectivity index (χ2n) is 2.19. The van der Waals surface area contributed by atoms with E-state index in [1.165, 1.54) is 6.08 Å². The maximum atomic E-state index is 10.8. The molecule has 0 aliphatic heterocycles. The van der Waals surface area contributed by atoms with Gasteiger partial charge >= 0.3 is 12.0 Å². The van der Waals surface area contributed by atoms with E-state index in [1.54, 1.807) is 13.8 Å². The molecule has 4 N–H and O–H groups in total. The predicted molar refractivity (Wildman–Crippen MR) is 46.2 cm³/mol. The van der Waals surface area contributed by atoms with Crippen LogP contribution in [0.1, 0.15) is 13.8 Å². The van der Waals surface area contributed by atoms with Gasteiger partial charge in [0.15, 0.2) is 0 Å². The Balaban J connectivity index is 3.87. The molecule has 0 bridgehead atoms. The summed E-state index contributed by atoms with van der Waals surface area (Å²) in [6.07, 6.45) is 1.21. The highest BCUT2D eigenvalue weighted by Crippen LogP contribution is 1.87. The first-order chi connectivity index (χ1) is 6.06. The molecule has 0 radical (unpaired) electrons. The largest absolute Gasteiger partial charge is 0.463 e. The quantitative estimate of drug-likeness (QED) is 0.318. The Kier molecular flexibility index (Phi) is 5.09. The first-order valence-corrected chi connectivity index (χ1v) is 3.72. The number of nitrogens with two attached hydrogens (primary N) is 1. The number of carbonyl (C=O) groups is 2. The van der Waals surface area contributed by atoms with Crippen LogP contribution in [-0.2, 0) is 9.53 Å². The number of hydrogen-bond acceptors (Lipinski definition) is 4. The predicted octanol–water partition coefficient (Wildman–Crippen LogP) is -0.374. The highest BCUT2D eigenvalue weighted by Gasteiger charge is 1.97. The Hall–Kier alpha value is -1.72. The lowest BCUT2D eigenvalue weighted by Crippen LogP contribution is -2.40. The summed E-state index contributed by atoms with van der Waals surface area (Å²) >= 11 is 0. The van der Waals surface area contributed by atoms with Crippen LogP contribution in [0.4, 0.5) is 4.79 Å². The molecule has 6 nitrogen and oxygen atoms in total. The number of primary amides is 1. The molecule has 0 spiro atoms. The number of carbonyl (C=O) groups excluding carboxylic acids is 2. The van der Waals surface area contributed by atoms with Crippen LogP contribution >= 0.6 is 0 Å². The summed E-state index contributed by atoms with van der Waals surface area (Å²) < 4.78 is 4.62. The van der Waals surface area contributed by atoms with Gasteiger partial charge in [0.05, 0.1) is 6.61 Å². The number of rotatable bonds is 4. The van der Waals surface area contributed by atoms with E-state index in [0.717, 1.165) is 0 Å². The zero-order valence-corrected chi connectivity index (χ0v) is 7.59. The molecule has 6 heteroatoms. The smallest absolute Gasteiger partial charge is 0.332 e. The molecule has 0 aromatic carbocycles. The number of hydrazine groups is 1. The maximum Gasteiger partial charge on any atom is 0.332 e. The van der Waals surface area contributed by atoms with Crippen molar-refractivity contribution in [1.82, 2.24) is 10.9 Å². The van der Waals surface area contributed by atoms with Crippen molar-refractivity contribution in [2.45, 2.75) is 13.8 Å². The summed E-state index contributed by atoms with van der Waals surface area (Å²) in [7, 11) is 0. The molecule has 13 heavy (non-hydrogen) atoms. The van der Waals surface area contributed by atoms with Gasteiger partial charge in [0.1, 0.15) is 0 Å².